The summed E-state index contributed by atoms with van der Waals surface area (Å²) in [5, 5.41) is 4.82. The van der Waals surface area contributed by atoms with Crippen LogP contribution in [0.4, 0.5) is 8.78 Å². The maximum absolute atomic E-state index is 11.6. The summed E-state index contributed by atoms with van der Waals surface area (Å²) in [6.07, 6.45) is -1.47. The number of hydrogen-bond donors (Lipinski definition) is 1. The fourth-order valence-electron chi connectivity index (χ4n) is 0.967. The van der Waals surface area contributed by atoms with Gasteiger partial charge in [-0.15, -0.1) is 0 Å². The van der Waals surface area contributed by atoms with E-state index < -0.39 is 23.1 Å². The summed E-state index contributed by atoms with van der Waals surface area (Å²) in [5.41, 5.74) is 0. The van der Waals surface area contributed by atoms with Gasteiger partial charge in [-0.2, -0.15) is 0 Å². The molecule has 0 aliphatic heterocycles. The molecule has 1 unspecified atom stereocenters. The molecule has 0 fully saturated rings. The standard InChI is InChI=1S/C8H17F2NO3S/c1-7(3-5-15(11,12)13)2-4-14-6-8(9)10/h7-8H,2-6H2,1H3,(H2,11,12,13). The minimum absolute atomic E-state index is 0.0803. The molecule has 0 aromatic rings. The van der Waals surface area contributed by atoms with Gasteiger partial charge in [0.1, 0.15) is 6.61 Å². The van der Waals surface area contributed by atoms with E-state index in [1.54, 1.807) is 0 Å². The Balaban J connectivity index is 3.46. The zero-order valence-corrected chi connectivity index (χ0v) is 9.47. The van der Waals surface area contributed by atoms with Gasteiger partial charge in [0.25, 0.3) is 6.43 Å². The lowest BCUT2D eigenvalue weighted by Crippen LogP contribution is -2.18. The fraction of sp³-hybridized carbons (Fsp3) is 1.00. The predicted molar refractivity (Wildman–Crippen MR) is 53.2 cm³/mol. The highest BCUT2D eigenvalue weighted by Crippen LogP contribution is 2.08. The molecule has 0 saturated carbocycles. The van der Waals surface area contributed by atoms with E-state index in [1.165, 1.54) is 0 Å². The van der Waals surface area contributed by atoms with E-state index in [1.807, 2.05) is 6.92 Å². The monoisotopic (exact) mass is 245 g/mol. The molecule has 4 nitrogen and oxygen atoms in total. The Kier molecular flexibility index (Phi) is 6.95. The molecule has 15 heavy (non-hydrogen) atoms. The van der Waals surface area contributed by atoms with Crippen molar-refractivity contribution in [2.24, 2.45) is 11.1 Å². The van der Waals surface area contributed by atoms with Crippen LogP contribution in [0.1, 0.15) is 19.8 Å². The lowest BCUT2D eigenvalue weighted by Gasteiger charge is -2.10. The maximum Gasteiger partial charge on any atom is 0.261 e. The summed E-state index contributed by atoms with van der Waals surface area (Å²) in [6.45, 7) is 1.48. The summed E-state index contributed by atoms with van der Waals surface area (Å²) < 4.78 is 49.2. The van der Waals surface area contributed by atoms with Crippen molar-refractivity contribution in [3.63, 3.8) is 0 Å². The van der Waals surface area contributed by atoms with Gasteiger partial charge in [-0.25, -0.2) is 22.3 Å². The molecule has 0 radical (unpaired) electrons. The number of hydrogen-bond acceptors (Lipinski definition) is 3. The first-order valence-corrected chi connectivity index (χ1v) is 6.39. The molecule has 1 atom stereocenters. The Bertz CT molecular complexity index is 257. The predicted octanol–water partition coefficient (Wildman–Crippen LogP) is 0.973. The third kappa shape index (κ3) is 11.7. The molecule has 0 aliphatic rings. The average Bonchev–Trinajstić information content (AvgIpc) is 2.07. The van der Waals surface area contributed by atoms with Crippen LogP contribution in [0.2, 0.25) is 0 Å². The summed E-state index contributed by atoms with van der Waals surface area (Å²) in [6, 6.07) is 0. The Morgan fingerprint density at radius 2 is 1.93 bits per heavy atom. The highest BCUT2D eigenvalue weighted by Gasteiger charge is 2.09. The highest BCUT2D eigenvalue weighted by atomic mass is 32.2. The summed E-state index contributed by atoms with van der Waals surface area (Å²) in [7, 11) is -3.42. The number of rotatable bonds is 8. The van der Waals surface area contributed by atoms with Crippen LogP contribution in [0.3, 0.4) is 0 Å². The Hall–Kier alpha value is -0.270. The number of primary sulfonamides is 1. The van der Waals surface area contributed by atoms with Crippen LogP contribution in [0.25, 0.3) is 0 Å². The van der Waals surface area contributed by atoms with Crippen LogP contribution in [0.5, 0.6) is 0 Å². The van der Waals surface area contributed by atoms with Crippen molar-refractivity contribution in [1.29, 1.82) is 0 Å². The van der Waals surface area contributed by atoms with Crippen molar-refractivity contribution < 1.29 is 21.9 Å². The van der Waals surface area contributed by atoms with Crippen molar-refractivity contribution in [3.05, 3.63) is 0 Å². The number of alkyl halides is 2. The quantitative estimate of drug-likeness (QED) is 0.648. The molecule has 92 valence electrons. The van der Waals surface area contributed by atoms with Crippen molar-refractivity contribution in [3.8, 4) is 0 Å². The fourth-order valence-corrected chi connectivity index (χ4v) is 1.70. The van der Waals surface area contributed by atoms with Crippen LogP contribution in [0.15, 0.2) is 0 Å². The van der Waals surface area contributed by atoms with E-state index in [4.69, 9.17) is 5.14 Å². The lowest BCUT2D eigenvalue weighted by atomic mass is 10.1. The smallest absolute Gasteiger partial charge is 0.261 e. The molecule has 0 spiro atoms. The average molecular weight is 245 g/mol. The van der Waals surface area contributed by atoms with E-state index >= 15 is 0 Å². The molecule has 0 rings (SSSR count). The molecule has 0 bridgehead atoms. The summed E-state index contributed by atoms with van der Waals surface area (Å²) in [5.74, 6) is 0.0178. The zero-order chi connectivity index (χ0) is 11.9. The van der Waals surface area contributed by atoms with Crippen LogP contribution < -0.4 is 5.14 Å². The molecule has 0 amide bonds. The molecular formula is C8H17F2NO3S. The van der Waals surface area contributed by atoms with Gasteiger partial charge in [0.15, 0.2) is 0 Å². The number of halogens is 2. The molecule has 0 saturated heterocycles. The van der Waals surface area contributed by atoms with E-state index in [-0.39, 0.29) is 18.3 Å². The second kappa shape index (κ2) is 7.08. The van der Waals surface area contributed by atoms with Gasteiger partial charge in [0.05, 0.1) is 5.75 Å². The first kappa shape index (κ1) is 14.7. The van der Waals surface area contributed by atoms with Gasteiger partial charge in [-0.3, -0.25) is 0 Å². The van der Waals surface area contributed by atoms with Gasteiger partial charge >= 0.3 is 0 Å². The Morgan fingerprint density at radius 3 is 2.40 bits per heavy atom. The first-order chi connectivity index (χ1) is 6.81. The maximum atomic E-state index is 11.6. The van der Waals surface area contributed by atoms with Crippen molar-refractivity contribution in [2.45, 2.75) is 26.2 Å². The Labute approximate surface area is 88.8 Å². The van der Waals surface area contributed by atoms with Crippen molar-refractivity contribution in [1.82, 2.24) is 0 Å². The largest absolute Gasteiger partial charge is 0.376 e. The zero-order valence-electron chi connectivity index (χ0n) is 8.66. The van der Waals surface area contributed by atoms with Crippen molar-refractivity contribution >= 4 is 10.0 Å². The SMILES string of the molecule is CC(CCOCC(F)F)CCS(N)(=O)=O. The highest BCUT2D eigenvalue weighted by molar-refractivity contribution is 7.89. The number of sulfonamides is 1. The molecule has 0 aromatic carbocycles. The van der Waals surface area contributed by atoms with Gasteiger partial charge in [-0.05, 0) is 18.8 Å². The molecule has 0 heterocycles. The molecular weight excluding hydrogens is 228 g/mol. The van der Waals surface area contributed by atoms with E-state index in [9.17, 15) is 17.2 Å². The molecule has 0 aliphatic carbocycles. The van der Waals surface area contributed by atoms with Gasteiger partial charge in [-0.1, -0.05) is 6.92 Å². The van der Waals surface area contributed by atoms with Crippen LogP contribution in [-0.2, 0) is 14.8 Å². The van der Waals surface area contributed by atoms with Crippen LogP contribution >= 0.6 is 0 Å². The second-order valence-corrected chi connectivity index (χ2v) is 5.25. The van der Waals surface area contributed by atoms with E-state index in [2.05, 4.69) is 4.74 Å². The number of nitrogens with two attached hydrogens (primary N) is 1. The third-order valence-electron chi connectivity index (χ3n) is 1.89. The molecule has 7 heteroatoms. The topological polar surface area (TPSA) is 69.4 Å². The molecule has 0 aromatic heterocycles. The van der Waals surface area contributed by atoms with Crippen LogP contribution in [0, 0.1) is 5.92 Å². The summed E-state index contributed by atoms with van der Waals surface area (Å²) >= 11 is 0. The third-order valence-corrected chi connectivity index (χ3v) is 2.70. The Morgan fingerprint density at radius 1 is 1.33 bits per heavy atom. The van der Waals surface area contributed by atoms with Gasteiger partial charge < -0.3 is 4.74 Å². The van der Waals surface area contributed by atoms with E-state index in [0.717, 1.165) is 0 Å². The van der Waals surface area contributed by atoms with Gasteiger partial charge in [0, 0.05) is 6.61 Å². The van der Waals surface area contributed by atoms with E-state index in [0.29, 0.717) is 12.8 Å². The minimum atomic E-state index is -3.42. The van der Waals surface area contributed by atoms with Gasteiger partial charge in [0.2, 0.25) is 10.0 Å². The second-order valence-electron chi connectivity index (χ2n) is 3.52. The van der Waals surface area contributed by atoms with Crippen LogP contribution in [-0.4, -0.2) is 33.8 Å². The lowest BCUT2D eigenvalue weighted by molar-refractivity contribution is 0.0134. The van der Waals surface area contributed by atoms with Crippen molar-refractivity contribution in [2.75, 3.05) is 19.0 Å². The first-order valence-electron chi connectivity index (χ1n) is 4.67. The normalized spacial score (nSPS) is 14.5. The number of ether oxygens (including phenoxy) is 1. The summed E-state index contributed by atoms with van der Waals surface area (Å²) in [4.78, 5) is 0. The molecule has 2 N–H and O–H groups in total. The minimum Gasteiger partial charge on any atom is -0.376 e.